The van der Waals surface area contributed by atoms with Gasteiger partial charge in [-0.15, -0.1) is 0 Å². The van der Waals surface area contributed by atoms with E-state index in [9.17, 15) is 8.42 Å². The second kappa shape index (κ2) is 5.07. The Hall–Kier alpha value is -1.18. The van der Waals surface area contributed by atoms with Crippen LogP contribution in [-0.4, -0.2) is 19.4 Å². The van der Waals surface area contributed by atoms with E-state index >= 15 is 0 Å². The Bertz CT molecular complexity index is 557. The predicted octanol–water partition coefficient (Wildman–Crippen LogP) is 1.22. The van der Waals surface area contributed by atoms with Crippen molar-refractivity contribution in [3.8, 4) is 0 Å². The van der Waals surface area contributed by atoms with Crippen molar-refractivity contribution < 1.29 is 8.42 Å². The van der Waals surface area contributed by atoms with Gasteiger partial charge in [-0.25, -0.2) is 13.1 Å². The molecule has 4 N–H and O–H groups in total. The first kappa shape index (κ1) is 14.2. The maximum Gasteiger partial charge on any atom is 0.244 e. The van der Waals surface area contributed by atoms with Crippen molar-refractivity contribution >= 4 is 15.7 Å². The summed E-state index contributed by atoms with van der Waals surface area (Å²) >= 11 is 0. The van der Waals surface area contributed by atoms with E-state index in [1.54, 1.807) is 0 Å². The molecule has 1 aromatic heterocycles. The molecular weight excluding hydrogens is 264 g/mol. The molecule has 0 amide bonds. The molecule has 0 saturated heterocycles. The van der Waals surface area contributed by atoms with E-state index in [1.165, 1.54) is 18.5 Å². The number of hydrogen-bond donors (Lipinski definition) is 3. The molecule has 0 aromatic carbocycles. The number of nitrogens with zero attached hydrogens (tertiary/aromatic N) is 1. The number of hydrazine groups is 1. The highest BCUT2D eigenvalue weighted by Gasteiger charge is 2.34. The molecule has 19 heavy (non-hydrogen) atoms. The standard InChI is InChI=1S/C12H20N4O2S/c1-12(2)5-3-9(7-12)16-19(17,18)11-8-14-6-4-10(11)15-13/h4,6,8-9,16H,3,5,7,13H2,1-2H3,(H,14,15). The summed E-state index contributed by atoms with van der Waals surface area (Å²) in [6.07, 6.45) is 5.52. The summed E-state index contributed by atoms with van der Waals surface area (Å²) in [6, 6.07) is 1.51. The molecule has 1 saturated carbocycles. The molecule has 1 aliphatic carbocycles. The molecule has 1 aromatic rings. The zero-order chi connectivity index (χ0) is 14.1. The fourth-order valence-electron chi connectivity index (χ4n) is 2.53. The van der Waals surface area contributed by atoms with Gasteiger partial charge in [0.15, 0.2) is 0 Å². The second-order valence-corrected chi connectivity index (χ2v) is 7.42. The summed E-state index contributed by atoms with van der Waals surface area (Å²) in [6.45, 7) is 4.30. The second-order valence-electron chi connectivity index (χ2n) is 5.74. The van der Waals surface area contributed by atoms with E-state index in [0.29, 0.717) is 5.69 Å². The number of anilines is 1. The van der Waals surface area contributed by atoms with E-state index in [2.05, 4.69) is 29.0 Å². The van der Waals surface area contributed by atoms with Crippen LogP contribution in [0.3, 0.4) is 0 Å². The van der Waals surface area contributed by atoms with Gasteiger partial charge in [0.2, 0.25) is 10.0 Å². The highest BCUT2D eigenvalue weighted by atomic mass is 32.2. The molecule has 0 aliphatic heterocycles. The Morgan fingerprint density at radius 1 is 1.47 bits per heavy atom. The monoisotopic (exact) mass is 284 g/mol. The zero-order valence-corrected chi connectivity index (χ0v) is 12.0. The smallest absolute Gasteiger partial charge is 0.244 e. The Morgan fingerprint density at radius 2 is 2.21 bits per heavy atom. The number of sulfonamides is 1. The number of pyridine rings is 1. The van der Waals surface area contributed by atoms with Crippen LogP contribution < -0.4 is 16.0 Å². The summed E-state index contributed by atoms with van der Waals surface area (Å²) in [5.74, 6) is 5.33. The summed E-state index contributed by atoms with van der Waals surface area (Å²) in [4.78, 5) is 3.93. The van der Waals surface area contributed by atoms with Crippen LogP contribution in [0.1, 0.15) is 33.1 Å². The maximum atomic E-state index is 12.3. The van der Waals surface area contributed by atoms with Crippen molar-refractivity contribution in [1.29, 1.82) is 0 Å². The SMILES string of the molecule is CC1(C)CCC(NS(=O)(=O)c2cnccc2NN)C1. The van der Waals surface area contributed by atoms with Crippen molar-refractivity contribution in [1.82, 2.24) is 9.71 Å². The van der Waals surface area contributed by atoms with Gasteiger partial charge in [-0.2, -0.15) is 0 Å². The summed E-state index contributed by atoms with van der Waals surface area (Å²) < 4.78 is 27.4. The lowest BCUT2D eigenvalue weighted by Gasteiger charge is -2.18. The van der Waals surface area contributed by atoms with Crippen LogP contribution in [0.5, 0.6) is 0 Å². The number of aromatic nitrogens is 1. The zero-order valence-electron chi connectivity index (χ0n) is 11.2. The summed E-state index contributed by atoms with van der Waals surface area (Å²) in [7, 11) is -3.59. The average Bonchev–Trinajstić information content (AvgIpc) is 2.67. The van der Waals surface area contributed by atoms with Crippen molar-refractivity contribution in [2.75, 3.05) is 5.43 Å². The lowest BCUT2D eigenvalue weighted by Crippen LogP contribution is -2.34. The quantitative estimate of drug-likeness (QED) is 0.570. The first-order chi connectivity index (χ1) is 8.84. The predicted molar refractivity (Wildman–Crippen MR) is 73.8 cm³/mol. The highest BCUT2D eigenvalue weighted by molar-refractivity contribution is 7.89. The van der Waals surface area contributed by atoms with E-state index in [-0.39, 0.29) is 16.4 Å². The Kier molecular flexibility index (Phi) is 3.80. The van der Waals surface area contributed by atoms with Gasteiger partial charge in [-0.05, 0) is 30.7 Å². The normalized spacial score (nSPS) is 22.4. The third kappa shape index (κ3) is 3.23. The first-order valence-corrected chi connectivity index (χ1v) is 7.75. The Balaban J connectivity index is 2.19. The Labute approximate surface area is 113 Å². The number of nitrogens with one attached hydrogen (secondary N) is 2. The first-order valence-electron chi connectivity index (χ1n) is 6.27. The number of rotatable bonds is 4. The van der Waals surface area contributed by atoms with Gasteiger partial charge in [-0.3, -0.25) is 10.8 Å². The highest BCUT2D eigenvalue weighted by Crippen LogP contribution is 2.37. The molecule has 0 spiro atoms. The Morgan fingerprint density at radius 3 is 2.79 bits per heavy atom. The van der Waals surface area contributed by atoms with Gasteiger partial charge in [-0.1, -0.05) is 13.8 Å². The average molecular weight is 284 g/mol. The van der Waals surface area contributed by atoms with Gasteiger partial charge in [0.05, 0.1) is 5.69 Å². The lowest BCUT2D eigenvalue weighted by molar-refractivity contribution is 0.372. The molecule has 6 nitrogen and oxygen atoms in total. The van der Waals surface area contributed by atoms with Crippen LogP contribution in [-0.2, 0) is 10.0 Å². The summed E-state index contributed by atoms with van der Waals surface area (Å²) in [5.41, 5.74) is 2.92. The van der Waals surface area contributed by atoms with Gasteiger partial charge in [0.25, 0.3) is 0 Å². The molecular formula is C12H20N4O2S. The van der Waals surface area contributed by atoms with Crippen LogP contribution in [0.4, 0.5) is 5.69 Å². The maximum absolute atomic E-state index is 12.3. The van der Waals surface area contributed by atoms with Crippen LogP contribution in [0.25, 0.3) is 0 Å². The molecule has 106 valence electrons. The van der Waals surface area contributed by atoms with Gasteiger partial charge in [0.1, 0.15) is 4.90 Å². The number of hydrogen-bond acceptors (Lipinski definition) is 5. The van der Waals surface area contributed by atoms with Crippen LogP contribution in [0.2, 0.25) is 0 Å². The van der Waals surface area contributed by atoms with Gasteiger partial charge < -0.3 is 5.43 Å². The van der Waals surface area contributed by atoms with E-state index in [4.69, 9.17) is 5.84 Å². The third-order valence-corrected chi connectivity index (χ3v) is 5.07. The van der Waals surface area contributed by atoms with Gasteiger partial charge >= 0.3 is 0 Å². The molecule has 7 heteroatoms. The van der Waals surface area contributed by atoms with Crippen LogP contribution >= 0.6 is 0 Å². The molecule has 1 atom stereocenters. The third-order valence-electron chi connectivity index (χ3n) is 3.52. The molecule has 0 bridgehead atoms. The fourth-order valence-corrected chi connectivity index (χ4v) is 3.92. The molecule has 1 unspecified atom stereocenters. The number of nitrogens with two attached hydrogens (primary N) is 1. The molecule has 1 heterocycles. The minimum Gasteiger partial charge on any atom is -0.323 e. The minimum absolute atomic E-state index is 0.0224. The largest absolute Gasteiger partial charge is 0.323 e. The topological polar surface area (TPSA) is 97.1 Å². The molecule has 0 radical (unpaired) electrons. The van der Waals surface area contributed by atoms with E-state index < -0.39 is 10.0 Å². The van der Waals surface area contributed by atoms with E-state index in [1.807, 2.05) is 0 Å². The van der Waals surface area contributed by atoms with Crippen LogP contribution in [0.15, 0.2) is 23.4 Å². The summed E-state index contributed by atoms with van der Waals surface area (Å²) in [5, 5.41) is 0. The fraction of sp³-hybridized carbons (Fsp3) is 0.583. The lowest BCUT2D eigenvalue weighted by atomic mass is 9.92. The minimum atomic E-state index is -3.59. The van der Waals surface area contributed by atoms with Crippen molar-refractivity contribution in [3.63, 3.8) is 0 Å². The molecule has 1 fully saturated rings. The van der Waals surface area contributed by atoms with Crippen LogP contribution in [0, 0.1) is 5.41 Å². The van der Waals surface area contributed by atoms with Crippen molar-refractivity contribution in [2.45, 2.75) is 44.0 Å². The van der Waals surface area contributed by atoms with Crippen molar-refractivity contribution in [3.05, 3.63) is 18.5 Å². The van der Waals surface area contributed by atoms with Gasteiger partial charge in [0, 0.05) is 18.4 Å². The number of nitrogen functional groups attached to an aromatic ring is 1. The van der Waals surface area contributed by atoms with E-state index in [0.717, 1.165) is 19.3 Å². The molecule has 2 rings (SSSR count). The molecule has 1 aliphatic rings. The van der Waals surface area contributed by atoms with Crippen molar-refractivity contribution in [2.24, 2.45) is 11.3 Å².